The molecule has 2 N–H and O–H groups in total. The van der Waals surface area contributed by atoms with Gasteiger partial charge in [0.05, 0.1) is 6.04 Å². The Labute approximate surface area is 150 Å². The molecular formula is C16H29IN4O. The maximum absolute atomic E-state index is 5.86. The first-order chi connectivity index (χ1) is 10.1. The van der Waals surface area contributed by atoms with Gasteiger partial charge in [-0.1, -0.05) is 0 Å². The first-order valence-electron chi connectivity index (χ1n) is 7.87. The van der Waals surface area contributed by atoms with Gasteiger partial charge in [-0.2, -0.15) is 0 Å². The van der Waals surface area contributed by atoms with E-state index in [9.17, 15) is 0 Å². The van der Waals surface area contributed by atoms with Crippen LogP contribution in [0.15, 0.2) is 21.5 Å². The van der Waals surface area contributed by atoms with Crippen molar-refractivity contribution in [2.75, 3.05) is 26.7 Å². The van der Waals surface area contributed by atoms with Gasteiger partial charge in [0, 0.05) is 19.6 Å². The van der Waals surface area contributed by atoms with E-state index >= 15 is 0 Å². The van der Waals surface area contributed by atoms with Crippen LogP contribution in [0.2, 0.25) is 0 Å². The Morgan fingerprint density at radius 2 is 2.00 bits per heavy atom. The zero-order valence-electron chi connectivity index (χ0n) is 14.1. The van der Waals surface area contributed by atoms with Crippen LogP contribution in [0.25, 0.3) is 0 Å². The van der Waals surface area contributed by atoms with E-state index in [0.717, 1.165) is 37.1 Å². The van der Waals surface area contributed by atoms with Crippen LogP contribution >= 0.6 is 24.0 Å². The van der Waals surface area contributed by atoms with Crippen molar-refractivity contribution in [2.24, 2.45) is 4.99 Å². The Kier molecular flexibility index (Phi) is 8.24. The molecule has 0 amide bonds. The first kappa shape index (κ1) is 19.3. The van der Waals surface area contributed by atoms with Gasteiger partial charge in [-0.05, 0) is 58.8 Å². The molecule has 1 aliphatic heterocycles. The first-order valence-corrected chi connectivity index (χ1v) is 7.87. The number of likely N-dealkylation sites (tertiary alicyclic amines) is 1. The second-order valence-corrected chi connectivity index (χ2v) is 5.96. The zero-order valence-corrected chi connectivity index (χ0v) is 16.4. The second-order valence-electron chi connectivity index (χ2n) is 5.96. The monoisotopic (exact) mass is 420 g/mol. The minimum absolute atomic E-state index is 0. The van der Waals surface area contributed by atoms with Gasteiger partial charge >= 0.3 is 0 Å². The van der Waals surface area contributed by atoms with Gasteiger partial charge < -0.3 is 15.1 Å². The summed E-state index contributed by atoms with van der Waals surface area (Å²) in [5.41, 5.74) is 0. The van der Waals surface area contributed by atoms with Crippen molar-refractivity contribution in [3.63, 3.8) is 0 Å². The third-order valence-electron chi connectivity index (χ3n) is 3.78. The summed E-state index contributed by atoms with van der Waals surface area (Å²) in [5, 5.41) is 6.74. The van der Waals surface area contributed by atoms with Crippen molar-refractivity contribution in [1.29, 1.82) is 0 Å². The van der Waals surface area contributed by atoms with Crippen LogP contribution in [-0.2, 0) is 0 Å². The quantitative estimate of drug-likeness (QED) is 0.437. The van der Waals surface area contributed by atoms with Crippen LogP contribution in [0.3, 0.4) is 0 Å². The predicted octanol–water partition coefficient (Wildman–Crippen LogP) is 2.92. The van der Waals surface area contributed by atoms with Crippen molar-refractivity contribution in [3.05, 3.63) is 23.7 Å². The van der Waals surface area contributed by atoms with Crippen molar-refractivity contribution in [2.45, 2.75) is 45.7 Å². The number of halogens is 1. The highest BCUT2D eigenvalue weighted by Gasteiger charge is 2.26. The van der Waals surface area contributed by atoms with Gasteiger partial charge in [-0.3, -0.25) is 9.89 Å². The number of aliphatic imine (C=N–C) groups is 1. The molecule has 0 aliphatic carbocycles. The summed E-state index contributed by atoms with van der Waals surface area (Å²) in [5.74, 6) is 2.86. The summed E-state index contributed by atoms with van der Waals surface area (Å²) < 4.78 is 5.86. The van der Waals surface area contributed by atoms with Crippen LogP contribution in [0.1, 0.15) is 44.3 Å². The van der Waals surface area contributed by atoms with E-state index in [1.807, 2.05) is 13.0 Å². The third-order valence-corrected chi connectivity index (χ3v) is 3.78. The largest absolute Gasteiger partial charge is 0.465 e. The Balaban J connectivity index is 0.00000242. The Morgan fingerprint density at radius 1 is 1.32 bits per heavy atom. The lowest BCUT2D eigenvalue weighted by molar-refractivity contribution is 0.213. The average Bonchev–Trinajstić information content (AvgIpc) is 3.09. The summed E-state index contributed by atoms with van der Waals surface area (Å²) in [6.07, 6.45) is 2.55. The van der Waals surface area contributed by atoms with Gasteiger partial charge in [0.2, 0.25) is 0 Å². The van der Waals surface area contributed by atoms with Crippen LogP contribution in [0, 0.1) is 6.92 Å². The van der Waals surface area contributed by atoms with Gasteiger partial charge in [-0.25, -0.2) is 0 Å². The fraction of sp³-hybridized carbons (Fsp3) is 0.688. The van der Waals surface area contributed by atoms with E-state index in [0.29, 0.717) is 6.04 Å². The molecule has 0 aromatic carbocycles. The molecule has 6 heteroatoms. The minimum Gasteiger partial charge on any atom is -0.465 e. The lowest BCUT2D eigenvalue weighted by Gasteiger charge is -2.27. The smallest absolute Gasteiger partial charge is 0.191 e. The summed E-state index contributed by atoms with van der Waals surface area (Å²) in [7, 11) is 1.81. The van der Waals surface area contributed by atoms with E-state index in [2.05, 4.69) is 40.4 Å². The molecule has 1 aromatic rings. The lowest BCUT2D eigenvalue weighted by Crippen LogP contribution is -2.44. The number of furan rings is 1. The molecule has 0 spiro atoms. The molecule has 2 heterocycles. The van der Waals surface area contributed by atoms with E-state index < -0.39 is 0 Å². The average molecular weight is 420 g/mol. The number of hydrogen-bond acceptors (Lipinski definition) is 3. The van der Waals surface area contributed by atoms with Crippen LogP contribution in [0.4, 0.5) is 0 Å². The van der Waals surface area contributed by atoms with Gasteiger partial charge in [0.1, 0.15) is 11.5 Å². The maximum Gasteiger partial charge on any atom is 0.191 e. The Morgan fingerprint density at radius 3 is 2.50 bits per heavy atom. The molecule has 0 radical (unpaired) electrons. The number of nitrogens with one attached hydrogen (secondary N) is 2. The molecule has 126 valence electrons. The summed E-state index contributed by atoms with van der Waals surface area (Å²) >= 11 is 0. The normalized spacial score (nSPS) is 17.4. The highest BCUT2D eigenvalue weighted by atomic mass is 127. The molecule has 5 nitrogen and oxygen atoms in total. The summed E-state index contributed by atoms with van der Waals surface area (Å²) in [4.78, 5) is 6.76. The minimum atomic E-state index is 0. The Hall–Kier alpha value is -0.760. The molecule has 22 heavy (non-hydrogen) atoms. The van der Waals surface area contributed by atoms with Gasteiger partial charge in [0.25, 0.3) is 0 Å². The van der Waals surface area contributed by atoms with E-state index in [1.54, 1.807) is 7.05 Å². The van der Waals surface area contributed by atoms with Gasteiger partial charge in [-0.15, -0.1) is 24.0 Å². The molecule has 1 aromatic heterocycles. The lowest BCUT2D eigenvalue weighted by atomic mass is 10.2. The summed E-state index contributed by atoms with van der Waals surface area (Å²) in [6.45, 7) is 9.31. The molecular weight excluding hydrogens is 391 g/mol. The highest BCUT2D eigenvalue weighted by molar-refractivity contribution is 14.0. The standard InChI is InChI=1S/C16H28N4O.HI/c1-12(2)19-16(17-4)18-11-14(20-9-5-6-10-20)15-8-7-13(3)21-15;/h7-8,12,14H,5-6,9-11H2,1-4H3,(H2,17,18,19);1H. The van der Waals surface area contributed by atoms with Crippen LogP contribution in [0.5, 0.6) is 0 Å². The second kappa shape index (κ2) is 9.39. The van der Waals surface area contributed by atoms with Crippen molar-refractivity contribution < 1.29 is 4.42 Å². The topological polar surface area (TPSA) is 52.8 Å². The molecule has 1 aliphatic rings. The molecule has 1 saturated heterocycles. The number of rotatable bonds is 5. The molecule has 0 saturated carbocycles. The SMILES string of the molecule is CN=C(NCC(c1ccc(C)o1)N1CCCC1)NC(C)C.I. The number of nitrogens with zero attached hydrogens (tertiary/aromatic N) is 2. The number of aryl methyl sites for hydroxylation is 1. The van der Waals surface area contributed by atoms with E-state index in [1.165, 1.54) is 12.8 Å². The molecule has 1 unspecified atom stereocenters. The molecule has 0 bridgehead atoms. The molecule has 2 rings (SSSR count). The van der Waals surface area contributed by atoms with Crippen molar-refractivity contribution >= 4 is 29.9 Å². The zero-order chi connectivity index (χ0) is 15.2. The number of hydrogen-bond donors (Lipinski definition) is 2. The fourth-order valence-corrected chi connectivity index (χ4v) is 2.76. The maximum atomic E-state index is 5.86. The predicted molar refractivity (Wildman–Crippen MR) is 102 cm³/mol. The van der Waals surface area contributed by atoms with Crippen LogP contribution in [-0.4, -0.2) is 43.6 Å². The molecule has 1 atom stereocenters. The van der Waals surface area contributed by atoms with E-state index in [4.69, 9.17) is 4.42 Å². The fourth-order valence-electron chi connectivity index (χ4n) is 2.76. The highest BCUT2D eigenvalue weighted by Crippen LogP contribution is 2.26. The van der Waals surface area contributed by atoms with Gasteiger partial charge in [0.15, 0.2) is 5.96 Å². The third kappa shape index (κ3) is 5.46. The number of guanidine groups is 1. The van der Waals surface area contributed by atoms with Crippen LogP contribution < -0.4 is 10.6 Å². The Bertz CT molecular complexity index is 466. The van der Waals surface area contributed by atoms with Crippen molar-refractivity contribution in [3.8, 4) is 0 Å². The van der Waals surface area contributed by atoms with Crippen molar-refractivity contribution in [1.82, 2.24) is 15.5 Å². The van der Waals surface area contributed by atoms with E-state index in [-0.39, 0.29) is 30.0 Å². The molecule has 1 fully saturated rings. The summed E-state index contributed by atoms with van der Waals surface area (Å²) in [6, 6.07) is 4.78.